The third-order valence-corrected chi connectivity index (χ3v) is 5.74. The van der Waals surface area contributed by atoms with Gasteiger partial charge in [0, 0.05) is 27.9 Å². The normalized spacial score (nSPS) is 11.0. The van der Waals surface area contributed by atoms with Gasteiger partial charge in [-0.2, -0.15) is 0 Å². The number of carbonyl (C=O) groups excluding carboxylic acids is 1. The molecule has 0 aliphatic rings. The number of halogens is 2. The van der Waals surface area contributed by atoms with Crippen molar-refractivity contribution in [1.29, 1.82) is 0 Å². The molecule has 1 amide bonds. The van der Waals surface area contributed by atoms with Gasteiger partial charge in [-0.05, 0) is 49.4 Å². The molecule has 2 aromatic heterocycles. The Kier molecular flexibility index (Phi) is 5.76. The molecular formula is C21H17Cl2N3O2S. The highest BCUT2D eigenvalue weighted by atomic mass is 35.5. The van der Waals surface area contributed by atoms with E-state index < -0.39 is 0 Å². The van der Waals surface area contributed by atoms with E-state index in [4.69, 9.17) is 27.9 Å². The highest BCUT2D eigenvalue weighted by molar-refractivity contribution is 7.15. The Hall–Kier alpha value is -2.54. The molecule has 2 heterocycles. The zero-order chi connectivity index (χ0) is 20.4. The minimum Gasteiger partial charge on any atom is -0.494 e. The number of carbonyl (C=O) groups is 1. The summed E-state index contributed by atoms with van der Waals surface area (Å²) in [7, 11) is 0. The molecule has 0 saturated heterocycles. The second-order valence-corrected chi connectivity index (χ2v) is 7.99. The first-order valence-electron chi connectivity index (χ1n) is 8.97. The first-order chi connectivity index (χ1) is 14.0. The summed E-state index contributed by atoms with van der Waals surface area (Å²) in [6.07, 6.45) is 2.14. The lowest BCUT2D eigenvalue weighted by atomic mass is 10.1. The molecule has 0 radical (unpaired) electrons. The summed E-state index contributed by atoms with van der Waals surface area (Å²) < 4.78 is 7.42. The topological polar surface area (TPSA) is 55.6 Å². The van der Waals surface area contributed by atoms with E-state index in [0.29, 0.717) is 22.3 Å². The standard InChI is InChI=1S/C21H17Cl2N3O2S/c1-2-28-16-6-3-13(4-7-16)19-11-26-15(12-29-21(26)25-19)10-20(27)24-18-9-14(22)5-8-17(18)23/h3-9,11-12H,2,10H2,1H3,(H,24,27). The number of rotatable bonds is 6. The lowest BCUT2D eigenvalue weighted by Crippen LogP contribution is -2.15. The van der Waals surface area contributed by atoms with E-state index in [-0.39, 0.29) is 12.3 Å². The number of aromatic nitrogens is 2. The van der Waals surface area contributed by atoms with Gasteiger partial charge in [-0.3, -0.25) is 9.20 Å². The Balaban J connectivity index is 1.52. The molecule has 0 saturated carbocycles. The maximum absolute atomic E-state index is 12.5. The Morgan fingerprint density at radius 2 is 2.00 bits per heavy atom. The monoisotopic (exact) mass is 445 g/mol. The van der Waals surface area contributed by atoms with Crippen molar-refractivity contribution in [2.45, 2.75) is 13.3 Å². The number of fused-ring (bicyclic) bond motifs is 1. The number of amides is 1. The summed E-state index contributed by atoms with van der Waals surface area (Å²) in [6.45, 7) is 2.58. The van der Waals surface area contributed by atoms with Gasteiger partial charge >= 0.3 is 0 Å². The molecule has 2 aromatic carbocycles. The summed E-state index contributed by atoms with van der Waals surface area (Å²) >= 11 is 13.6. The van der Waals surface area contributed by atoms with E-state index >= 15 is 0 Å². The molecule has 0 atom stereocenters. The molecule has 4 aromatic rings. The van der Waals surface area contributed by atoms with Crippen molar-refractivity contribution in [3.05, 3.63) is 69.8 Å². The quantitative estimate of drug-likeness (QED) is 0.398. The molecule has 0 aliphatic heterocycles. The largest absolute Gasteiger partial charge is 0.494 e. The van der Waals surface area contributed by atoms with Gasteiger partial charge in [0.05, 0.1) is 29.4 Å². The van der Waals surface area contributed by atoms with Crippen LogP contribution in [0.4, 0.5) is 5.69 Å². The maximum Gasteiger partial charge on any atom is 0.230 e. The van der Waals surface area contributed by atoms with Gasteiger partial charge in [-0.25, -0.2) is 4.98 Å². The number of hydrogen-bond donors (Lipinski definition) is 1. The fourth-order valence-electron chi connectivity index (χ4n) is 2.94. The minimum atomic E-state index is -0.176. The van der Waals surface area contributed by atoms with Gasteiger partial charge in [0.25, 0.3) is 0 Å². The van der Waals surface area contributed by atoms with Crippen LogP contribution in [0.25, 0.3) is 16.2 Å². The molecule has 0 aliphatic carbocycles. The Labute approximate surface area is 181 Å². The number of nitrogens with zero attached hydrogens (tertiary/aromatic N) is 2. The number of nitrogens with one attached hydrogen (secondary N) is 1. The Bertz CT molecular complexity index is 1170. The molecule has 0 bridgehead atoms. The fourth-order valence-corrected chi connectivity index (χ4v) is 4.15. The van der Waals surface area contributed by atoms with E-state index in [1.165, 1.54) is 11.3 Å². The van der Waals surface area contributed by atoms with E-state index in [0.717, 1.165) is 27.7 Å². The Morgan fingerprint density at radius 1 is 1.21 bits per heavy atom. The van der Waals surface area contributed by atoms with E-state index in [1.54, 1.807) is 18.2 Å². The number of benzene rings is 2. The lowest BCUT2D eigenvalue weighted by molar-refractivity contribution is -0.115. The van der Waals surface area contributed by atoms with Gasteiger partial charge in [-0.1, -0.05) is 23.2 Å². The third kappa shape index (κ3) is 4.40. The first kappa shape index (κ1) is 19.8. The molecule has 29 heavy (non-hydrogen) atoms. The van der Waals surface area contributed by atoms with Crippen LogP contribution in [0.3, 0.4) is 0 Å². The van der Waals surface area contributed by atoms with Gasteiger partial charge < -0.3 is 10.1 Å². The number of anilines is 1. The number of hydrogen-bond acceptors (Lipinski definition) is 4. The molecule has 4 rings (SSSR count). The van der Waals surface area contributed by atoms with Crippen LogP contribution in [-0.2, 0) is 11.2 Å². The zero-order valence-corrected chi connectivity index (χ0v) is 17.8. The van der Waals surface area contributed by atoms with Crippen LogP contribution < -0.4 is 10.1 Å². The third-order valence-electron chi connectivity index (χ3n) is 4.29. The van der Waals surface area contributed by atoms with Crippen LogP contribution in [0.15, 0.2) is 54.0 Å². The van der Waals surface area contributed by atoms with Crippen molar-refractivity contribution < 1.29 is 9.53 Å². The van der Waals surface area contributed by atoms with E-state index in [1.807, 2.05) is 47.2 Å². The lowest BCUT2D eigenvalue weighted by Gasteiger charge is -2.07. The molecule has 5 nitrogen and oxygen atoms in total. The van der Waals surface area contributed by atoms with Gasteiger partial charge in [-0.15, -0.1) is 11.3 Å². The van der Waals surface area contributed by atoms with E-state index in [2.05, 4.69) is 10.3 Å². The van der Waals surface area contributed by atoms with Crippen molar-refractivity contribution in [2.75, 3.05) is 11.9 Å². The molecule has 8 heteroatoms. The average Bonchev–Trinajstić information content (AvgIpc) is 3.28. The van der Waals surface area contributed by atoms with Crippen LogP contribution in [0.5, 0.6) is 5.75 Å². The maximum atomic E-state index is 12.5. The molecule has 0 unspecified atom stereocenters. The highest BCUT2D eigenvalue weighted by Gasteiger charge is 2.14. The SMILES string of the molecule is CCOc1ccc(-c2cn3c(CC(=O)Nc4cc(Cl)ccc4Cl)csc3n2)cc1. The van der Waals surface area contributed by atoms with Crippen molar-refractivity contribution in [2.24, 2.45) is 0 Å². The number of imidazole rings is 1. The molecular weight excluding hydrogens is 429 g/mol. The smallest absolute Gasteiger partial charge is 0.230 e. The summed E-state index contributed by atoms with van der Waals surface area (Å²) in [5.41, 5.74) is 3.19. The van der Waals surface area contributed by atoms with Crippen LogP contribution in [0.2, 0.25) is 10.0 Å². The summed E-state index contributed by atoms with van der Waals surface area (Å²) in [5, 5.41) is 5.70. The van der Waals surface area contributed by atoms with Crippen molar-refractivity contribution in [3.63, 3.8) is 0 Å². The van der Waals surface area contributed by atoms with Crippen LogP contribution in [0.1, 0.15) is 12.6 Å². The zero-order valence-electron chi connectivity index (χ0n) is 15.5. The van der Waals surface area contributed by atoms with Crippen molar-refractivity contribution in [1.82, 2.24) is 9.38 Å². The predicted octanol–water partition coefficient (Wildman–Crippen LogP) is 5.95. The molecule has 1 N–H and O–H groups in total. The fraction of sp³-hybridized carbons (Fsp3) is 0.143. The second-order valence-electron chi connectivity index (χ2n) is 6.31. The molecule has 0 spiro atoms. The summed E-state index contributed by atoms with van der Waals surface area (Å²) in [5.74, 6) is 0.652. The average molecular weight is 446 g/mol. The van der Waals surface area contributed by atoms with Crippen LogP contribution in [0, 0.1) is 0 Å². The molecule has 0 fully saturated rings. The first-order valence-corrected chi connectivity index (χ1v) is 10.6. The van der Waals surface area contributed by atoms with Gasteiger partial charge in [0.2, 0.25) is 5.91 Å². The summed E-state index contributed by atoms with van der Waals surface area (Å²) in [4.78, 5) is 18.0. The van der Waals surface area contributed by atoms with E-state index in [9.17, 15) is 4.79 Å². The van der Waals surface area contributed by atoms with Crippen molar-refractivity contribution in [3.8, 4) is 17.0 Å². The highest BCUT2D eigenvalue weighted by Crippen LogP contribution is 2.27. The van der Waals surface area contributed by atoms with Gasteiger partial charge in [0.15, 0.2) is 4.96 Å². The second kappa shape index (κ2) is 8.45. The van der Waals surface area contributed by atoms with Crippen molar-refractivity contribution >= 4 is 51.1 Å². The Morgan fingerprint density at radius 3 is 2.76 bits per heavy atom. The number of thiazole rings is 1. The summed E-state index contributed by atoms with van der Waals surface area (Å²) in [6, 6.07) is 12.8. The predicted molar refractivity (Wildman–Crippen MR) is 118 cm³/mol. The molecule has 148 valence electrons. The van der Waals surface area contributed by atoms with Crippen LogP contribution in [-0.4, -0.2) is 21.9 Å². The number of ether oxygens (including phenoxy) is 1. The minimum absolute atomic E-state index is 0.176. The van der Waals surface area contributed by atoms with Crippen LogP contribution >= 0.6 is 34.5 Å². The van der Waals surface area contributed by atoms with Gasteiger partial charge in [0.1, 0.15) is 5.75 Å².